The Morgan fingerprint density at radius 2 is 2.05 bits per heavy atom. The Labute approximate surface area is 138 Å². The van der Waals surface area contributed by atoms with E-state index in [0.717, 1.165) is 13.0 Å². The molecule has 0 radical (unpaired) electrons. The van der Waals surface area contributed by atoms with Gasteiger partial charge in [0, 0.05) is 31.4 Å². The Hall–Kier alpha value is -2.03. The quantitative estimate of drug-likeness (QED) is 0.861. The van der Waals surface area contributed by atoms with Crippen LogP contribution in [0.3, 0.4) is 0 Å². The van der Waals surface area contributed by atoms with Crippen LogP contribution < -0.4 is 9.64 Å². The number of nitriles is 1. The molecule has 0 saturated carbocycles. The van der Waals surface area contributed by atoms with Gasteiger partial charge in [-0.1, -0.05) is 23.2 Å². The van der Waals surface area contributed by atoms with E-state index in [1.54, 1.807) is 24.4 Å². The third kappa shape index (κ3) is 3.08. The zero-order valence-corrected chi connectivity index (χ0v) is 13.1. The molecule has 1 aliphatic heterocycles. The van der Waals surface area contributed by atoms with Crippen LogP contribution in [0, 0.1) is 11.3 Å². The minimum Gasteiger partial charge on any atom is -0.488 e. The largest absolute Gasteiger partial charge is 0.488 e. The topological polar surface area (TPSA) is 62.0 Å². The molecule has 1 aromatic heterocycles. The van der Waals surface area contributed by atoms with E-state index in [1.807, 2.05) is 4.90 Å². The molecule has 5 nitrogen and oxygen atoms in total. The highest BCUT2D eigenvalue weighted by Gasteiger charge is 2.27. The van der Waals surface area contributed by atoms with Crippen LogP contribution in [0.15, 0.2) is 30.6 Å². The second kappa shape index (κ2) is 6.39. The third-order valence-electron chi connectivity index (χ3n) is 3.42. The summed E-state index contributed by atoms with van der Waals surface area (Å²) >= 11 is 11.9. The second-order valence-electron chi connectivity index (χ2n) is 4.89. The highest BCUT2D eigenvalue weighted by atomic mass is 35.5. The first kappa shape index (κ1) is 14.9. The molecule has 1 aliphatic rings. The lowest BCUT2D eigenvalue weighted by molar-refractivity contribution is 0.225. The summed E-state index contributed by atoms with van der Waals surface area (Å²) in [4.78, 5) is 10.3. The summed E-state index contributed by atoms with van der Waals surface area (Å²) in [6.45, 7) is 1.41. The standard InChI is InChI=1S/C15H12Cl2N4O/c16-12-2-1-10(7-13(12)17)22-11-3-6-21(9-11)15-14(8-18)19-4-5-20-15/h1-2,4-5,7,11H,3,6,9H2. The highest BCUT2D eigenvalue weighted by molar-refractivity contribution is 6.42. The van der Waals surface area contributed by atoms with Gasteiger partial charge in [-0.2, -0.15) is 5.26 Å². The SMILES string of the molecule is N#Cc1nccnc1N1CCC(Oc2ccc(Cl)c(Cl)c2)C1. The second-order valence-corrected chi connectivity index (χ2v) is 5.71. The molecule has 7 heteroatoms. The van der Waals surface area contributed by atoms with Gasteiger partial charge in [0.05, 0.1) is 16.6 Å². The average Bonchev–Trinajstić information content (AvgIpc) is 2.99. The molecular formula is C15H12Cl2N4O. The summed E-state index contributed by atoms with van der Waals surface area (Å²) in [7, 11) is 0. The zero-order valence-electron chi connectivity index (χ0n) is 11.5. The molecule has 0 bridgehead atoms. The van der Waals surface area contributed by atoms with Gasteiger partial charge in [-0.15, -0.1) is 0 Å². The fourth-order valence-corrected chi connectivity index (χ4v) is 2.69. The van der Waals surface area contributed by atoms with Crippen molar-refractivity contribution in [1.29, 1.82) is 5.26 Å². The molecule has 22 heavy (non-hydrogen) atoms. The van der Waals surface area contributed by atoms with Crippen LogP contribution in [0.2, 0.25) is 10.0 Å². The predicted octanol–water partition coefficient (Wildman–Crippen LogP) is 3.31. The average molecular weight is 335 g/mol. The van der Waals surface area contributed by atoms with Crippen LogP contribution in [0.5, 0.6) is 5.75 Å². The molecule has 0 amide bonds. The summed E-state index contributed by atoms with van der Waals surface area (Å²) in [5.41, 5.74) is 0.331. The Balaban J connectivity index is 1.70. The maximum Gasteiger partial charge on any atom is 0.183 e. The van der Waals surface area contributed by atoms with Crippen molar-refractivity contribution in [2.45, 2.75) is 12.5 Å². The minimum absolute atomic E-state index is 0.00536. The van der Waals surface area contributed by atoms with Crippen molar-refractivity contribution in [3.63, 3.8) is 0 Å². The van der Waals surface area contributed by atoms with Gasteiger partial charge in [-0.3, -0.25) is 0 Å². The van der Waals surface area contributed by atoms with Gasteiger partial charge in [-0.25, -0.2) is 9.97 Å². The number of benzene rings is 1. The smallest absolute Gasteiger partial charge is 0.183 e. The van der Waals surface area contributed by atoms with Crippen molar-refractivity contribution >= 4 is 29.0 Å². The van der Waals surface area contributed by atoms with Gasteiger partial charge >= 0.3 is 0 Å². The predicted molar refractivity (Wildman–Crippen MR) is 84.5 cm³/mol. The van der Waals surface area contributed by atoms with E-state index in [4.69, 9.17) is 33.2 Å². The Morgan fingerprint density at radius 1 is 1.23 bits per heavy atom. The first-order valence-electron chi connectivity index (χ1n) is 6.75. The maximum atomic E-state index is 9.10. The third-order valence-corrected chi connectivity index (χ3v) is 4.16. The first-order valence-corrected chi connectivity index (χ1v) is 7.50. The van der Waals surface area contributed by atoms with E-state index in [1.165, 1.54) is 6.20 Å². The molecule has 1 fully saturated rings. The number of aromatic nitrogens is 2. The lowest BCUT2D eigenvalue weighted by atomic mass is 10.3. The molecule has 0 N–H and O–H groups in total. The molecule has 0 aliphatic carbocycles. The van der Waals surface area contributed by atoms with Crippen molar-refractivity contribution in [1.82, 2.24) is 9.97 Å². The number of rotatable bonds is 3. The molecule has 112 valence electrons. The molecule has 2 heterocycles. The van der Waals surface area contributed by atoms with Crippen molar-refractivity contribution in [3.05, 3.63) is 46.3 Å². The fraction of sp³-hybridized carbons (Fsp3) is 0.267. The molecule has 3 rings (SSSR count). The molecule has 1 atom stereocenters. The first-order chi connectivity index (χ1) is 10.7. The van der Waals surface area contributed by atoms with Crippen LogP contribution in [-0.2, 0) is 0 Å². The number of halogens is 2. The van der Waals surface area contributed by atoms with Gasteiger partial charge in [0.2, 0.25) is 0 Å². The van der Waals surface area contributed by atoms with E-state index < -0.39 is 0 Å². The van der Waals surface area contributed by atoms with Crippen molar-refractivity contribution in [2.24, 2.45) is 0 Å². The fourth-order valence-electron chi connectivity index (χ4n) is 2.40. The normalized spacial score (nSPS) is 17.3. The Bertz CT molecular complexity index is 732. The number of anilines is 1. The summed E-state index contributed by atoms with van der Waals surface area (Å²) in [6, 6.07) is 7.27. The molecule has 2 aromatic rings. The zero-order chi connectivity index (χ0) is 15.5. The number of hydrogen-bond donors (Lipinski definition) is 0. The number of hydrogen-bond acceptors (Lipinski definition) is 5. The summed E-state index contributed by atoms with van der Waals surface area (Å²) in [6.07, 6.45) is 3.94. The Kier molecular flexibility index (Phi) is 4.32. The van der Waals surface area contributed by atoms with Crippen molar-refractivity contribution in [2.75, 3.05) is 18.0 Å². The number of ether oxygens (including phenoxy) is 1. The van der Waals surface area contributed by atoms with Crippen LogP contribution >= 0.6 is 23.2 Å². The molecule has 1 unspecified atom stereocenters. The number of nitrogens with zero attached hydrogens (tertiary/aromatic N) is 4. The molecular weight excluding hydrogens is 323 g/mol. The van der Waals surface area contributed by atoms with E-state index >= 15 is 0 Å². The lowest BCUT2D eigenvalue weighted by Gasteiger charge is -2.18. The van der Waals surface area contributed by atoms with Gasteiger partial charge in [-0.05, 0) is 12.1 Å². The van der Waals surface area contributed by atoms with Gasteiger partial charge in [0.15, 0.2) is 11.5 Å². The molecule has 1 aromatic carbocycles. The van der Waals surface area contributed by atoms with Crippen molar-refractivity contribution in [3.8, 4) is 11.8 Å². The minimum atomic E-state index is 0.00536. The lowest BCUT2D eigenvalue weighted by Crippen LogP contribution is -2.26. The van der Waals surface area contributed by atoms with E-state index in [0.29, 0.717) is 33.9 Å². The van der Waals surface area contributed by atoms with Crippen LogP contribution in [0.4, 0.5) is 5.82 Å². The van der Waals surface area contributed by atoms with Crippen LogP contribution in [0.1, 0.15) is 12.1 Å². The monoisotopic (exact) mass is 334 g/mol. The molecule has 0 spiro atoms. The van der Waals surface area contributed by atoms with Gasteiger partial charge in [0.1, 0.15) is 17.9 Å². The highest BCUT2D eigenvalue weighted by Crippen LogP contribution is 2.29. The van der Waals surface area contributed by atoms with E-state index in [9.17, 15) is 0 Å². The van der Waals surface area contributed by atoms with Gasteiger partial charge in [0.25, 0.3) is 0 Å². The molecule has 1 saturated heterocycles. The van der Waals surface area contributed by atoms with Crippen LogP contribution in [-0.4, -0.2) is 29.2 Å². The van der Waals surface area contributed by atoms with Gasteiger partial charge < -0.3 is 9.64 Å². The van der Waals surface area contributed by atoms with Crippen LogP contribution in [0.25, 0.3) is 0 Å². The summed E-state index contributed by atoms with van der Waals surface area (Å²) < 4.78 is 5.92. The summed E-state index contributed by atoms with van der Waals surface area (Å²) in [5.74, 6) is 1.28. The van der Waals surface area contributed by atoms with E-state index in [-0.39, 0.29) is 6.10 Å². The van der Waals surface area contributed by atoms with E-state index in [2.05, 4.69) is 16.0 Å². The van der Waals surface area contributed by atoms with Crippen molar-refractivity contribution < 1.29 is 4.74 Å². The Morgan fingerprint density at radius 3 is 2.82 bits per heavy atom. The summed E-state index contributed by atoms with van der Waals surface area (Å²) in [5, 5.41) is 10.1. The maximum absolute atomic E-state index is 9.10.